The first-order valence-corrected chi connectivity index (χ1v) is 5.70. The van der Waals surface area contributed by atoms with Crippen molar-refractivity contribution in [2.45, 2.75) is 32.5 Å². The van der Waals surface area contributed by atoms with E-state index in [4.69, 9.17) is 12.6 Å². The molecule has 2 aliphatic rings. The first-order valence-electron chi connectivity index (χ1n) is 8.20. The van der Waals surface area contributed by atoms with Crippen molar-refractivity contribution in [2.75, 3.05) is 0 Å². The minimum atomic E-state index is -2.25. The lowest BCUT2D eigenvalue weighted by Crippen LogP contribution is -2.27. The normalized spacial score (nSPS) is 32.5. The van der Waals surface area contributed by atoms with E-state index < -0.39 is 24.6 Å². The fraction of sp³-hybridized carbons (Fsp3) is 0.400. The highest BCUT2D eigenvalue weighted by atomic mass is 16.1. The van der Waals surface area contributed by atoms with Crippen LogP contribution in [0.3, 0.4) is 0 Å². The van der Waals surface area contributed by atoms with Crippen molar-refractivity contribution < 1.29 is 11.6 Å². The highest BCUT2D eigenvalue weighted by Gasteiger charge is 2.32. The fourth-order valence-corrected chi connectivity index (χ4v) is 2.53. The second-order valence-corrected chi connectivity index (χ2v) is 4.58. The molecule has 17 heavy (non-hydrogen) atoms. The molecule has 1 unspecified atom stereocenters. The van der Waals surface area contributed by atoms with Gasteiger partial charge in [-0.1, -0.05) is 23.7 Å². The molecule has 1 atom stereocenters. The van der Waals surface area contributed by atoms with Crippen molar-refractivity contribution in [1.29, 1.82) is 0 Å². The molecule has 0 spiro atoms. The standard InChI is InChI=1S/C15H17NO/c1-9-5-6-10-8-14-11(13(10)7-9)3-2-4-12(14)15(16)17/h5-7,12H,2-4,8H2,1H3,(H2,16,17)/i2D2,3D2,7D. The van der Waals surface area contributed by atoms with Gasteiger partial charge < -0.3 is 5.73 Å². The van der Waals surface area contributed by atoms with Crippen LogP contribution in [0.15, 0.2) is 23.7 Å². The van der Waals surface area contributed by atoms with Gasteiger partial charge >= 0.3 is 0 Å². The van der Waals surface area contributed by atoms with Crippen molar-refractivity contribution in [3.63, 3.8) is 0 Å². The van der Waals surface area contributed by atoms with E-state index in [0.29, 0.717) is 23.1 Å². The number of hydrogen-bond acceptors (Lipinski definition) is 1. The zero-order valence-corrected chi connectivity index (χ0v) is 9.63. The molecule has 2 heteroatoms. The number of carbonyl (C=O) groups excluding carboxylic acids is 1. The van der Waals surface area contributed by atoms with Crippen LogP contribution in [0.5, 0.6) is 0 Å². The monoisotopic (exact) mass is 232 g/mol. The average molecular weight is 232 g/mol. The molecular formula is C15H17NO. The topological polar surface area (TPSA) is 43.1 Å². The van der Waals surface area contributed by atoms with Crippen LogP contribution in [0, 0.1) is 12.8 Å². The number of carbonyl (C=O) groups is 1. The Hall–Kier alpha value is -1.57. The van der Waals surface area contributed by atoms with Gasteiger partial charge in [0.25, 0.3) is 0 Å². The van der Waals surface area contributed by atoms with Gasteiger partial charge in [0, 0.05) is 5.48 Å². The number of hydrogen-bond donors (Lipinski definition) is 1. The molecule has 2 aliphatic carbocycles. The summed E-state index contributed by atoms with van der Waals surface area (Å²) in [4.78, 5) is 11.8. The Kier molecular flexibility index (Phi) is 1.40. The molecule has 2 N–H and O–H groups in total. The smallest absolute Gasteiger partial charge is 0.224 e. The molecule has 1 aromatic rings. The summed E-state index contributed by atoms with van der Waals surface area (Å²) in [6.45, 7) is 1.76. The molecule has 88 valence electrons. The van der Waals surface area contributed by atoms with E-state index in [2.05, 4.69) is 0 Å². The number of allylic oxidation sites excluding steroid dienone is 1. The lowest BCUT2D eigenvalue weighted by Gasteiger charge is -2.22. The van der Waals surface area contributed by atoms with Crippen molar-refractivity contribution in [3.05, 3.63) is 40.4 Å². The minimum absolute atomic E-state index is 0.163. The molecule has 0 aliphatic heterocycles. The first-order chi connectivity index (χ1) is 10.1. The second kappa shape index (κ2) is 3.73. The lowest BCUT2D eigenvalue weighted by molar-refractivity contribution is -0.121. The molecule has 0 radical (unpaired) electrons. The van der Waals surface area contributed by atoms with Crippen LogP contribution in [0.2, 0.25) is 0 Å². The Morgan fingerprint density at radius 2 is 2.41 bits per heavy atom. The highest BCUT2D eigenvalue weighted by molar-refractivity contribution is 5.87. The number of amides is 1. The third-order valence-corrected chi connectivity index (χ3v) is 3.41. The van der Waals surface area contributed by atoms with Crippen LogP contribution < -0.4 is 5.73 Å². The van der Waals surface area contributed by atoms with Gasteiger partial charge in [-0.05, 0) is 54.8 Å². The molecule has 1 amide bonds. The molecule has 0 aromatic heterocycles. The van der Waals surface area contributed by atoms with Crippen molar-refractivity contribution in [1.82, 2.24) is 0 Å². The molecule has 0 heterocycles. The SMILES string of the molecule is [2H]c1c(C)ccc2c1C1=C(C2)C(C(N)=O)CC([2H])([2H])C1([2H])[2H]. The number of nitrogens with two attached hydrogens (primary N) is 1. The van der Waals surface area contributed by atoms with Crippen molar-refractivity contribution >= 4 is 11.5 Å². The average Bonchev–Trinajstić information content (AvgIpc) is 2.79. The van der Waals surface area contributed by atoms with Gasteiger partial charge in [0.2, 0.25) is 5.91 Å². The number of fused-ring (bicyclic) bond motifs is 2. The van der Waals surface area contributed by atoms with Gasteiger partial charge in [0.05, 0.1) is 7.29 Å². The molecular weight excluding hydrogens is 210 g/mol. The number of rotatable bonds is 1. The van der Waals surface area contributed by atoms with Gasteiger partial charge in [-0.2, -0.15) is 0 Å². The molecule has 0 fully saturated rings. The van der Waals surface area contributed by atoms with E-state index in [-0.39, 0.29) is 18.0 Å². The number of primary amides is 1. The van der Waals surface area contributed by atoms with Gasteiger partial charge in [-0.3, -0.25) is 4.79 Å². The van der Waals surface area contributed by atoms with Gasteiger partial charge in [-0.15, -0.1) is 0 Å². The van der Waals surface area contributed by atoms with E-state index in [0.717, 1.165) is 5.56 Å². The maximum Gasteiger partial charge on any atom is 0.224 e. The summed E-state index contributed by atoms with van der Waals surface area (Å²) < 4.78 is 40.9. The van der Waals surface area contributed by atoms with Crippen molar-refractivity contribution in [2.24, 2.45) is 11.7 Å². The Balaban J connectivity index is 2.32. The fourth-order valence-electron chi connectivity index (χ4n) is 2.53. The van der Waals surface area contributed by atoms with Crippen molar-refractivity contribution in [3.8, 4) is 0 Å². The molecule has 1 aromatic carbocycles. The molecule has 3 rings (SSSR count). The highest BCUT2D eigenvalue weighted by Crippen LogP contribution is 2.44. The van der Waals surface area contributed by atoms with Crippen LogP contribution in [-0.4, -0.2) is 5.91 Å². The number of benzene rings is 1. The third-order valence-electron chi connectivity index (χ3n) is 3.41. The minimum Gasteiger partial charge on any atom is -0.369 e. The molecule has 0 saturated heterocycles. The summed E-state index contributed by atoms with van der Waals surface area (Å²) in [5.74, 6) is -1.45. The lowest BCUT2D eigenvalue weighted by atomic mass is 9.82. The predicted octanol–water partition coefficient (Wildman–Crippen LogP) is 2.59. The van der Waals surface area contributed by atoms with E-state index in [1.54, 1.807) is 13.0 Å². The quantitative estimate of drug-likeness (QED) is 0.794. The van der Waals surface area contributed by atoms with Crippen LogP contribution in [-0.2, 0) is 11.2 Å². The predicted molar refractivity (Wildman–Crippen MR) is 68.3 cm³/mol. The van der Waals surface area contributed by atoms with E-state index >= 15 is 0 Å². The van der Waals surface area contributed by atoms with Crippen LogP contribution >= 0.6 is 0 Å². The zero-order chi connectivity index (χ0) is 16.4. The summed E-state index contributed by atoms with van der Waals surface area (Å²) in [6, 6.07) is 3.82. The van der Waals surface area contributed by atoms with E-state index in [9.17, 15) is 4.79 Å². The summed E-state index contributed by atoms with van der Waals surface area (Å²) in [7, 11) is 0. The van der Waals surface area contributed by atoms with Gasteiger partial charge in [-0.25, -0.2) is 0 Å². The first kappa shape index (κ1) is 6.39. The second-order valence-electron chi connectivity index (χ2n) is 4.58. The Bertz CT molecular complexity index is 723. The third kappa shape index (κ3) is 1.59. The van der Waals surface area contributed by atoms with E-state index in [1.165, 1.54) is 0 Å². The Labute approximate surface area is 109 Å². The van der Waals surface area contributed by atoms with Crippen LogP contribution in [0.4, 0.5) is 0 Å². The zero-order valence-electron chi connectivity index (χ0n) is 14.6. The van der Waals surface area contributed by atoms with Crippen LogP contribution in [0.1, 0.15) is 42.7 Å². The summed E-state index contributed by atoms with van der Waals surface area (Å²) >= 11 is 0. The van der Waals surface area contributed by atoms with Gasteiger partial charge in [0.1, 0.15) is 0 Å². The maximum absolute atomic E-state index is 11.8. The summed E-state index contributed by atoms with van der Waals surface area (Å²) in [6.07, 6.45) is -4.35. The summed E-state index contributed by atoms with van der Waals surface area (Å²) in [5, 5.41) is 0. The maximum atomic E-state index is 11.8. The van der Waals surface area contributed by atoms with E-state index in [1.807, 2.05) is 6.07 Å². The largest absolute Gasteiger partial charge is 0.369 e. The van der Waals surface area contributed by atoms with Crippen LogP contribution in [0.25, 0.3) is 5.57 Å². The number of aryl methyl sites for hydroxylation is 1. The molecule has 0 bridgehead atoms. The summed E-state index contributed by atoms with van der Waals surface area (Å²) in [5.41, 5.74) is 8.04. The Morgan fingerprint density at radius 1 is 1.59 bits per heavy atom. The molecule has 2 nitrogen and oxygen atoms in total. The molecule has 0 saturated carbocycles. The van der Waals surface area contributed by atoms with Gasteiger partial charge in [0.15, 0.2) is 0 Å². The Morgan fingerprint density at radius 3 is 3.18 bits per heavy atom.